The minimum Gasteiger partial charge on any atom is -0.394 e. The summed E-state index contributed by atoms with van der Waals surface area (Å²) in [5.74, 6) is -3.16. The predicted molar refractivity (Wildman–Crippen MR) is 68.6 cm³/mol. The monoisotopic (exact) mass is 347 g/mol. The summed E-state index contributed by atoms with van der Waals surface area (Å²) < 4.78 is 52.9. The number of rotatable bonds is 5. The molecule has 2 heterocycles. The van der Waals surface area contributed by atoms with E-state index in [2.05, 4.69) is 0 Å². The molecule has 0 amide bonds. The first-order chi connectivity index (χ1) is 12.5. The molecule has 2 rings (SSSR count). The van der Waals surface area contributed by atoms with Crippen molar-refractivity contribution in [3.05, 3.63) is 0 Å². The van der Waals surface area contributed by atoms with Gasteiger partial charge in [0.1, 0.15) is 49.2 Å². The summed E-state index contributed by atoms with van der Waals surface area (Å²) in [6.07, 6.45) is -24.7. The summed E-state index contributed by atoms with van der Waals surface area (Å²) in [5.41, 5.74) is 0. The van der Waals surface area contributed by atoms with Crippen molar-refractivity contribution in [2.24, 2.45) is 0 Å². The molecule has 0 radical (unpaired) electrons. The van der Waals surface area contributed by atoms with Crippen molar-refractivity contribution in [2.45, 2.75) is 54.7 Å². The van der Waals surface area contributed by atoms with Gasteiger partial charge >= 0.3 is 0 Å². The van der Waals surface area contributed by atoms with Crippen LogP contribution in [-0.2, 0) is 14.2 Å². The van der Waals surface area contributed by atoms with Gasteiger partial charge in [-0.3, -0.25) is 0 Å². The quantitative estimate of drug-likeness (QED) is 0.237. The summed E-state index contributed by atoms with van der Waals surface area (Å²) >= 11 is 0. The molecule has 8 N–H and O–H groups in total. The van der Waals surface area contributed by atoms with Crippen LogP contribution in [0.3, 0.4) is 0 Å². The minimum absolute atomic E-state index is 1.14. The highest BCUT2D eigenvalue weighted by Crippen LogP contribution is 2.35. The molecule has 11 heteroatoms. The molecule has 0 saturated carbocycles. The average Bonchev–Trinajstić information content (AvgIpc) is 2.73. The number of aliphatic hydroxyl groups is 8. The molecular formula is C12H22O11. The van der Waals surface area contributed by atoms with Crippen molar-refractivity contribution in [3.8, 4) is 0 Å². The Bertz CT molecular complexity index is 601. The van der Waals surface area contributed by atoms with E-state index in [1.54, 1.807) is 0 Å². The standard InChI is InChI=1S/C12H22O11/c13-1-4-6(16)8(18)9(19)11(21-4)23-12(3-15)10(20)7(17)5(2-14)22-12/h4-11,13-20H,1-3H2/t4-,5-,6-,7-,8+,9-,10+,11-,12+/m1/s1/i6D,7D,8D,9D,10D. The number of ether oxygens (including phenoxy) is 3. The third-order valence-electron chi connectivity index (χ3n) is 3.38. The molecule has 11 nitrogen and oxygen atoms in total. The topological polar surface area (TPSA) is 190 Å². The molecule has 23 heavy (non-hydrogen) atoms. The van der Waals surface area contributed by atoms with Gasteiger partial charge in [0, 0.05) is 0 Å². The SMILES string of the molecule is [2H][C@@]1(O)[C@](CO)(O[C@H]2O[C@H](CO)[C@@]([2H])(O)[C@]([2H])(O)[C@@]2([2H])O)O[C@H](CO)[C@@]1([2H])O. The first-order valence-corrected chi connectivity index (χ1v) is 6.45. The van der Waals surface area contributed by atoms with Crippen LogP contribution in [0.1, 0.15) is 6.85 Å². The Hall–Kier alpha value is -0.440. The molecule has 0 aromatic carbocycles. The lowest BCUT2D eigenvalue weighted by Gasteiger charge is -2.43. The fraction of sp³-hybridized carbons (Fsp3) is 1.00. The number of hydrogen-bond acceptors (Lipinski definition) is 11. The highest BCUT2D eigenvalue weighted by molar-refractivity contribution is 4.98. The Morgan fingerprint density at radius 3 is 1.96 bits per heavy atom. The maximum Gasteiger partial charge on any atom is 0.224 e. The lowest BCUT2D eigenvalue weighted by molar-refractivity contribution is -0.383. The van der Waals surface area contributed by atoms with Crippen molar-refractivity contribution < 1.29 is 61.9 Å². The second kappa shape index (κ2) is 7.21. The van der Waals surface area contributed by atoms with Gasteiger partial charge in [0.05, 0.1) is 20.1 Å². The van der Waals surface area contributed by atoms with Gasteiger partial charge in [-0.05, 0) is 0 Å². The molecule has 2 saturated heterocycles. The van der Waals surface area contributed by atoms with Crippen molar-refractivity contribution in [1.82, 2.24) is 0 Å². The van der Waals surface area contributed by atoms with Gasteiger partial charge in [-0.15, -0.1) is 0 Å². The maximum absolute atomic E-state index is 10.3. The van der Waals surface area contributed by atoms with Gasteiger partial charge in [-0.1, -0.05) is 0 Å². The van der Waals surface area contributed by atoms with Crippen LogP contribution in [0, 0.1) is 0 Å². The van der Waals surface area contributed by atoms with Crippen LogP contribution in [0.15, 0.2) is 0 Å². The Morgan fingerprint density at radius 2 is 1.48 bits per heavy atom. The zero-order valence-electron chi connectivity index (χ0n) is 16.7. The van der Waals surface area contributed by atoms with Crippen LogP contribution >= 0.6 is 0 Å². The van der Waals surface area contributed by atoms with Gasteiger partial charge in [0.15, 0.2) is 6.29 Å². The number of hydrogen-bond donors (Lipinski definition) is 8. The van der Waals surface area contributed by atoms with Crippen molar-refractivity contribution in [3.63, 3.8) is 0 Å². The molecule has 0 spiro atoms. The second-order valence-electron chi connectivity index (χ2n) is 4.81. The summed E-state index contributed by atoms with van der Waals surface area (Å²) in [6.45, 7) is -3.89. The van der Waals surface area contributed by atoms with E-state index in [1.807, 2.05) is 0 Å². The Balaban J connectivity index is 2.50. The zero-order valence-corrected chi connectivity index (χ0v) is 11.7. The fourth-order valence-corrected chi connectivity index (χ4v) is 2.11. The van der Waals surface area contributed by atoms with Crippen LogP contribution in [0.5, 0.6) is 0 Å². The van der Waals surface area contributed by atoms with Crippen LogP contribution < -0.4 is 0 Å². The van der Waals surface area contributed by atoms with Crippen molar-refractivity contribution >= 4 is 0 Å². The van der Waals surface area contributed by atoms with E-state index >= 15 is 0 Å². The Labute approximate surface area is 137 Å². The average molecular weight is 347 g/mol. The van der Waals surface area contributed by atoms with E-state index in [0.29, 0.717) is 0 Å². The Morgan fingerprint density at radius 1 is 0.870 bits per heavy atom. The van der Waals surface area contributed by atoms with Gasteiger partial charge in [0.25, 0.3) is 0 Å². The van der Waals surface area contributed by atoms with Crippen LogP contribution in [0.2, 0.25) is 0 Å². The molecule has 9 atom stereocenters. The number of aliphatic hydroxyl groups excluding tert-OH is 3. The van der Waals surface area contributed by atoms with Gasteiger partial charge in [-0.25, -0.2) is 0 Å². The molecule has 0 unspecified atom stereocenters. The van der Waals surface area contributed by atoms with Crippen molar-refractivity contribution in [1.29, 1.82) is 0 Å². The predicted octanol–water partition coefficient (Wildman–Crippen LogP) is -5.40. The lowest BCUT2D eigenvalue weighted by atomic mass is 9.99. The van der Waals surface area contributed by atoms with E-state index < -0.39 is 74.5 Å². The fourth-order valence-electron chi connectivity index (χ4n) is 2.11. The van der Waals surface area contributed by atoms with Crippen LogP contribution in [0.4, 0.5) is 0 Å². The molecule has 0 aromatic heterocycles. The van der Waals surface area contributed by atoms with E-state index in [-0.39, 0.29) is 0 Å². The summed E-state index contributed by atoms with van der Waals surface area (Å²) in [7, 11) is 0. The van der Waals surface area contributed by atoms with Gasteiger partial charge in [-0.2, -0.15) is 0 Å². The summed E-state index contributed by atoms with van der Waals surface area (Å²) in [4.78, 5) is 0. The van der Waals surface area contributed by atoms with Gasteiger partial charge < -0.3 is 55.1 Å². The van der Waals surface area contributed by atoms with Crippen LogP contribution in [-0.4, -0.2) is 115 Å². The van der Waals surface area contributed by atoms with E-state index in [1.165, 1.54) is 0 Å². The second-order valence-corrected chi connectivity index (χ2v) is 4.81. The molecule has 2 aliphatic heterocycles. The molecule has 0 aromatic rings. The smallest absolute Gasteiger partial charge is 0.224 e. The zero-order chi connectivity index (χ0) is 22.0. The molecule has 0 bridgehead atoms. The van der Waals surface area contributed by atoms with Crippen LogP contribution in [0.25, 0.3) is 0 Å². The largest absolute Gasteiger partial charge is 0.394 e. The molecular weight excluding hydrogens is 320 g/mol. The van der Waals surface area contributed by atoms with Gasteiger partial charge in [0.2, 0.25) is 5.79 Å². The molecule has 2 aliphatic rings. The third kappa shape index (κ3) is 3.23. The highest BCUT2D eigenvalue weighted by Gasteiger charge is 2.58. The molecule has 136 valence electrons. The van der Waals surface area contributed by atoms with E-state index in [0.717, 1.165) is 0 Å². The normalized spacial score (nSPS) is 70.3. The first-order valence-electron chi connectivity index (χ1n) is 8.95. The lowest BCUT2D eigenvalue weighted by Crippen LogP contribution is -2.62. The van der Waals surface area contributed by atoms with E-state index in [9.17, 15) is 40.9 Å². The third-order valence-corrected chi connectivity index (χ3v) is 3.38. The molecule has 2 fully saturated rings. The van der Waals surface area contributed by atoms with E-state index in [4.69, 9.17) is 21.1 Å². The maximum atomic E-state index is 10.3. The molecule has 0 aliphatic carbocycles. The highest BCUT2D eigenvalue weighted by atomic mass is 16.8. The minimum atomic E-state index is -3.81. The Kier molecular flexibility index (Phi) is 4.03. The first kappa shape index (κ1) is 12.9. The summed E-state index contributed by atoms with van der Waals surface area (Å²) in [5, 5.41) is 78.4. The summed E-state index contributed by atoms with van der Waals surface area (Å²) in [6, 6.07) is 0. The van der Waals surface area contributed by atoms with Crippen molar-refractivity contribution in [2.75, 3.05) is 19.8 Å².